The van der Waals surface area contributed by atoms with E-state index >= 15 is 0 Å². The Kier molecular flexibility index (Phi) is 38.1. The van der Waals surface area contributed by atoms with Crippen molar-refractivity contribution in [2.75, 3.05) is 26.4 Å². The van der Waals surface area contributed by atoms with Crippen LogP contribution in [-0.2, 0) is 42.8 Å². The van der Waals surface area contributed by atoms with Crippen molar-refractivity contribution in [2.24, 2.45) is 0 Å². The standard InChI is InChI=1S/C60H110N2O21/c1-4-6-8-10-12-14-16-18-19-20-22-23-25-27-29-31-33-42(67)41(62-47(70)34-32-30-28-26-24-21-17-15-13-11-9-7-5-2)39-78-57-52(74)51(73)54(46(38-65)80-57)81-58-53(75)56(50(72)45(37-64)79-58)83-60(59(76)77)35-43(68)48(61-40(3)66)55(82-60)49(71)44(69)36-63/h31,33,41-46,48-58,63-65,67-69,71-75H,4-30,32,34-39H2,1-3H3,(H,61,66)(H,62,70)(H,76,77)/b33-31+. The van der Waals surface area contributed by atoms with Gasteiger partial charge in [0.15, 0.2) is 12.6 Å². The number of amides is 2. The van der Waals surface area contributed by atoms with Gasteiger partial charge < -0.3 is 100 Å². The number of carbonyl (C=O) groups excluding carboxylic acids is 2. The van der Waals surface area contributed by atoms with Crippen molar-refractivity contribution in [3.8, 4) is 0 Å². The van der Waals surface area contributed by atoms with Gasteiger partial charge in [0.05, 0.1) is 50.7 Å². The van der Waals surface area contributed by atoms with Crippen molar-refractivity contribution < 1.29 is 104 Å². The SMILES string of the molecule is CCCCCCCCCCCCCCCC/C=C/C(O)C(COC1OC(CO)C(OC2OC(CO)C(O)C(OC3(C(=O)O)CC(O)C(NC(C)=O)C(C(O)C(O)CO)O3)C2O)C(O)C1O)NC(=O)CCCCCCCCCCCCCCC. The first-order valence-electron chi connectivity index (χ1n) is 31.6. The average molecular weight is 1200 g/mol. The van der Waals surface area contributed by atoms with E-state index in [-0.39, 0.29) is 12.3 Å². The molecule has 0 radical (unpaired) electrons. The van der Waals surface area contributed by atoms with Gasteiger partial charge in [-0.1, -0.05) is 187 Å². The molecule has 3 saturated heterocycles. The van der Waals surface area contributed by atoms with Gasteiger partial charge in [0, 0.05) is 19.8 Å². The van der Waals surface area contributed by atoms with Gasteiger partial charge in [-0.25, -0.2) is 4.79 Å². The lowest BCUT2D eigenvalue weighted by Gasteiger charge is -2.50. The molecule has 14 N–H and O–H groups in total. The zero-order chi connectivity index (χ0) is 61.2. The number of carboxylic acids is 1. The number of aliphatic hydroxyl groups is 11. The quantitative estimate of drug-likeness (QED) is 0.0306. The number of hydrogen-bond acceptors (Lipinski definition) is 20. The Labute approximate surface area is 492 Å². The molecule has 0 spiro atoms. The molecule has 0 aromatic heterocycles. The molecule has 23 heteroatoms. The molecule has 18 atom stereocenters. The van der Waals surface area contributed by atoms with Crippen LogP contribution in [0.5, 0.6) is 0 Å². The van der Waals surface area contributed by atoms with Crippen LogP contribution >= 0.6 is 0 Å². The lowest BCUT2D eigenvalue weighted by molar-refractivity contribution is -0.386. The molecule has 3 aliphatic heterocycles. The average Bonchev–Trinajstić information content (AvgIpc) is 2.84. The molecule has 2 amide bonds. The van der Waals surface area contributed by atoms with E-state index < -0.39 is 155 Å². The van der Waals surface area contributed by atoms with Gasteiger partial charge >= 0.3 is 5.97 Å². The van der Waals surface area contributed by atoms with Gasteiger partial charge in [0.2, 0.25) is 11.8 Å². The molecule has 0 aromatic carbocycles. The molecule has 0 aliphatic carbocycles. The molecule has 3 rings (SSSR count). The van der Waals surface area contributed by atoms with Gasteiger partial charge in [-0.3, -0.25) is 9.59 Å². The summed E-state index contributed by atoms with van der Waals surface area (Å²) in [5.41, 5.74) is 0. The van der Waals surface area contributed by atoms with Gasteiger partial charge in [0.25, 0.3) is 5.79 Å². The number of unbranched alkanes of at least 4 members (excludes halogenated alkanes) is 26. The summed E-state index contributed by atoms with van der Waals surface area (Å²) < 4.78 is 34.7. The molecular formula is C60H110N2O21. The number of rotatable bonds is 46. The highest BCUT2D eigenvalue weighted by Crippen LogP contribution is 2.38. The molecule has 3 fully saturated rings. The number of nitrogens with one attached hydrogen (secondary N) is 2. The highest BCUT2D eigenvalue weighted by Gasteiger charge is 2.60. The van der Waals surface area contributed by atoms with E-state index in [0.717, 1.165) is 51.9 Å². The minimum Gasteiger partial charge on any atom is -0.477 e. The van der Waals surface area contributed by atoms with Crippen LogP contribution in [0.3, 0.4) is 0 Å². The van der Waals surface area contributed by atoms with Gasteiger partial charge in [-0.15, -0.1) is 0 Å². The Morgan fingerprint density at radius 1 is 0.627 bits per heavy atom. The summed E-state index contributed by atoms with van der Waals surface area (Å²) in [5, 5.41) is 135. The van der Waals surface area contributed by atoms with E-state index in [4.69, 9.17) is 28.4 Å². The van der Waals surface area contributed by atoms with Gasteiger partial charge in [-0.05, 0) is 19.3 Å². The van der Waals surface area contributed by atoms with Crippen LogP contribution < -0.4 is 10.6 Å². The predicted molar refractivity (Wildman–Crippen MR) is 306 cm³/mol. The van der Waals surface area contributed by atoms with Crippen molar-refractivity contribution in [3.05, 3.63) is 12.2 Å². The normalized spacial score (nSPS) is 30.0. The third-order valence-corrected chi connectivity index (χ3v) is 16.2. The summed E-state index contributed by atoms with van der Waals surface area (Å²) in [7, 11) is 0. The molecule has 83 heavy (non-hydrogen) atoms. The number of carbonyl (C=O) groups is 3. The lowest BCUT2D eigenvalue weighted by Crippen LogP contribution is -2.70. The summed E-state index contributed by atoms with van der Waals surface area (Å²) in [6.45, 7) is 2.11. The maximum atomic E-state index is 13.4. The Bertz CT molecular complexity index is 1750. The fourth-order valence-corrected chi connectivity index (χ4v) is 11.1. The van der Waals surface area contributed by atoms with Gasteiger partial charge in [-0.2, -0.15) is 0 Å². The molecule has 18 unspecified atom stereocenters. The number of carboxylic acid groups (broad SMARTS) is 1. The topological polar surface area (TPSA) is 373 Å². The predicted octanol–water partition coefficient (Wildman–Crippen LogP) is 3.56. The first-order valence-corrected chi connectivity index (χ1v) is 31.6. The Morgan fingerprint density at radius 2 is 1.12 bits per heavy atom. The Morgan fingerprint density at radius 3 is 1.60 bits per heavy atom. The van der Waals surface area contributed by atoms with E-state index in [9.17, 15) is 75.7 Å². The number of hydrogen-bond donors (Lipinski definition) is 14. The smallest absolute Gasteiger partial charge is 0.364 e. The molecule has 0 aromatic rings. The van der Waals surface area contributed by atoms with E-state index in [1.54, 1.807) is 6.08 Å². The fourth-order valence-electron chi connectivity index (χ4n) is 11.1. The second-order valence-electron chi connectivity index (χ2n) is 23.3. The highest BCUT2D eigenvalue weighted by molar-refractivity contribution is 5.77. The van der Waals surface area contributed by atoms with Crippen LogP contribution in [0.15, 0.2) is 12.2 Å². The van der Waals surface area contributed by atoms with Crippen molar-refractivity contribution in [1.82, 2.24) is 10.6 Å². The molecule has 3 aliphatic rings. The minimum absolute atomic E-state index is 0.204. The van der Waals surface area contributed by atoms with Crippen LogP contribution in [-0.4, -0.2) is 215 Å². The van der Waals surface area contributed by atoms with Crippen LogP contribution in [0.4, 0.5) is 0 Å². The monoisotopic (exact) mass is 1190 g/mol. The summed E-state index contributed by atoms with van der Waals surface area (Å²) in [5.74, 6) is -6.14. The van der Waals surface area contributed by atoms with Crippen molar-refractivity contribution in [2.45, 2.75) is 323 Å². The summed E-state index contributed by atoms with van der Waals surface area (Å²) in [6, 6.07) is -2.61. The van der Waals surface area contributed by atoms with E-state index in [0.29, 0.717) is 12.8 Å². The van der Waals surface area contributed by atoms with Crippen molar-refractivity contribution in [3.63, 3.8) is 0 Å². The Hall–Kier alpha value is -2.53. The molecule has 486 valence electrons. The first kappa shape index (κ1) is 74.7. The molecule has 0 saturated carbocycles. The third kappa shape index (κ3) is 26.4. The summed E-state index contributed by atoms with van der Waals surface area (Å²) in [4.78, 5) is 38.4. The second-order valence-corrected chi connectivity index (χ2v) is 23.3. The lowest BCUT2D eigenvalue weighted by atomic mass is 9.88. The van der Waals surface area contributed by atoms with E-state index in [1.807, 2.05) is 6.08 Å². The van der Waals surface area contributed by atoms with Crippen LogP contribution in [0.1, 0.15) is 213 Å². The van der Waals surface area contributed by atoms with E-state index in [1.165, 1.54) is 122 Å². The third-order valence-electron chi connectivity index (χ3n) is 16.2. The van der Waals surface area contributed by atoms with Crippen molar-refractivity contribution in [1.29, 1.82) is 0 Å². The highest BCUT2D eigenvalue weighted by atomic mass is 16.8. The largest absolute Gasteiger partial charge is 0.477 e. The second kappa shape index (κ2) is 42.4. The maximum Gasteiger partial charge on any atom is 0.364 e. The zero-order valence-electron chi connectivity index (χ0n) is 50.1. The van der Waals surface area contributed by atoms with Crippen LogP contribution in [0, 0.1) is 0 Å². The van der Waals surface area contributed by atoms with E-state index in [2.05, 4.69) is 24.5 Å². The maximum absolute atomic E-state index is 13.4. The fraction of sp³-hybridized carbons (Fsp3) is 0.917. The van der Waals surface area contributed by atoms with Gasteiger partial charge in [0.1, 0.15) is 67.1 Å². The molecule has 3 heterocycles. The van der Waals surface area contributed by atoms with Crippen LogP contribution in [0.25, 0.3) is 0 Å². The molecular weight excluding hydrogens is 1080 g/mol. The molecule has 23 nitrogen and oxygen atoms in total. The summed E-state index contributed by atoms with van der Waals surface area (Å²) >= 11 is 0. The number of aliphatic carboxylic acids is 1. The molecule has 0 bridgehead atoms. The number of allylic oxidation sites excluding steroid dienone is 1. The zero-order valence-corrected chi connectivity index (χ0v) is 50.1. The number of aliphatic hydroxyl groups excluding tert-OH is 11. The van der Waals surface area contributed by atoms with Crippen LogP contribution in [0.2, 0.25) is 0 Å². The van der Waals surface area contributed by atoms with Crippen molar-refractivity contribution >= 4 is 17.8 Å². The number of ether oxygens (including phenoxy) is 6. The minimum atomic E-state index is -3.08. The Balaban J connectivity index is 1.66. The first-order chi connectivity index (χ1) is 39.9. The summed E-state index contributed by atoms with van der Waals surface area (Å²) in [6.07, 6.45) is 6.99.